The molecule has 0 N–H and O–H groups in total. The van der Waals surface area contributed by atoms with Gasteiger partial charge in [-0.3, -0.25) is 9.80 Å². The van der Waals surface area contributed by atoms with E-state index in [1.807, 2.05) is 6.20 Å². The molecule has 1 saturated heterocycles. The molecule has 0 aliphatic carbocycles. The van der Waals surface area contributed by atoms with E-state index in [-0.39, 0.29) is 0 Å². The van der Waals surface area contributed by atoms with E-state index in [1.165, 1.54) is 36.6 Å². The van der Waals surface area contributed by atoms with E-state index in [4.69, 9.17) is 0 Å². The van der Waals surface area contributed by atoms with Crippen molar-refractivity contribution >= 4 is 11.3 Å². The largest absolute Gasteiger partial charge is 0.299 e. The summed E-state index contributed by atoms with van der Waals surface area (Å²) in [5.41, 5.74) is 1.43. The molecular weight excluding hydrogens is 278 g/mol. The van der Waals surface area contributed by atoms with Crippen molar-refractivity contribution in [1.82, 2.24) is 14.8 Å². The van der Waals surface area contributed by atoms with Gasteiger partial charge in [0.05, 0.1) is 6.54 Å². The molecule has 2 aromatic rings. The van der Waals surface area contributed by atoms with Crippen LogP contribution in [-0.2, 0) is 13.1 Å². The van der Waals surface area contributed by atoms with Gasteiger partial charge in [-0.2, -0.15) is 0 Å². The first-order valence-electron chi connectivity index (χ1n) is 7.63. The lowest BCUT2D eigenvalue weighted by atomic mass is 10.1. The van der Waals surface area contributed by atoms with Crippen molar-refractivity contribution in [3.05, 3.63) is 52.5 Å². The molecule has 1 unspecified atom stereocenters. The van der Waals surface area contributed by atoms with Gasteiger partial charge >= 0.3 is 0 Å². The summed E-state index contributed by atoms with van der Waals surface area (Å²) in [6.45, 7) is 5.69. The fraction of sp³-hybridized carbons (Fsp3) is 0.471. The van der Waals surface area contributed by atoms with Gasteiger partial charge in [-0.1, -0.05) is 30.3 Å². The molecule has 1 aromatic heterocycles. The quantitative estimate of drug-likeness (QED) is 0.817. The zero-order chi connectivity index (χ0) is 14.5. The number of nitrogens with zero attached hydrogens (tertiary/aromatic N) is 3. The van der Waals surface area contributed by atoms with Crippen LogP contribution in [0.25, 0.3) is 0 Å². The van der Waals surface area contributed by atoms with E-state index in [9.17, 15) is 0 Å². The average molecular weight is 301 g/mol. The van der Waals surface area contributed by atoms with E-state index in [2.05, 4.69) is 57.5 Å². The van der Waals surface area contributed by atoms with Crippen molar-refractivity contribution in [3.63, 3.8) is 0 Å². The van der Waals surface area contributed by atoms with Gasteiger partial charge in [0.1, 0.15) is 5.01 Å². The van der Waals surface area contributed by atoms with Crippen molar-refractivity contribution < 1.29 is 0 Å². The Morgan fingerprint density at radius 2 is 2.19 bits per heavy atom. The Balaban J connectivity index is 1.44. The highest BCUT2D eigenvalue weighted by Gasteiger charge is 2.23. The molecule has 1 atom stereocenters. The Kier molecular flexibility index (Phi) is 5.01. The Morgan fingerprint density at radius 1 is 1.33 bits per heavy atom. The summed E-state index contributed by atoms with van der Waals surface area (Å²) in [4.78, 5) is 9.36. The maximum absolute atomic E-state index is 4.37. The highest BCUT2D eigenvalue weighted by atomic mass is 32.1. The molecule has 1 fully saturated rings. The molecule has 2 heterocycles. The molecule has 112 valence electrons. The van der Waals surface area contributed by atoms with Gasteiger partial charge in [-0.25, -0.2) is 4.98 Å². The SMILES string of the molecule is CN(Cc1nccs1)CC1CCN(Cc2ccccc2)C1. The maximum atomic E-state index is 4.37. The van der Waals surface area contributed by atoms with Crippen molar-refractivity contribution in [3.8, 4) is 0 Å². The van der Waals surface area contributed by atoms with E-state index >= 15 is 0 Å². The zero-order valence-corrected chi connectivity index (χ0v) is 13.4. The number of thiazole rings is 1. The molecule has 0 radical (unpaired) electrons. The average Bonchev–Trinajstić information content (AvgIpc) is 3.12. The van der Waals surface area contributed by atoms with E-state index in [0.29, 0.717) is 0 Å². The molecule has 1 aromatic carbocycles. The highest BCUT2D eigenvalue weighted by molar-refractivity contribution is 7.09. The molecule has 1 aliphatic rings. The number of hydrogen-bond donors (Lipinski definition) is 0. The second-order valence-corrected chi connectivity index (χ2v) is 6.98. The van der Waals surface area contributed by atoms with Gasteiger partial charge in [0.25, 0.3) is 0 Å². The Bertz CT molecular complexity index is 526. The molecule has 21 heavy (non-hydrogen) atoms. The molecular formula is C17H23N3S. The summed E-state index contributed by atoms with van der Waals surface area (Å²) in [7, 11) is 2.21. The summed E-state index contributed by atoms with van der Waals surface area (Å²) in [5.74, 6) is 0.790. The lowest BCUT2D eigenvalue weighted by molar-refractivity contribution is 0.254. The van der Waals surface area contributed by atoms with Gasteiger partial charge in [-0.05, 0) is 31.5 Å². The molecule has 3 rings (SSSR count). The van der Waals surface area contributed by atoms with E-state index < -0.39 is 0 Å². The molecule has 4 heteroatoms. The fourth-order valence-electron chi connectivity index (χ4n) is 3.11. The van der Waals surface area contributed by atoms with Crippen molar-refractivity contribution in [1.29, 1.82) is 0 Å². The Morgan fingerprint density at radius 3 is 2.95 bits per heavy atom. The minimum Gasteiger partial charge on any atom is -0.299 e. The molecule has 0 bridgehead atoms. The monoisotopic (exact) mass is 301 g/mol. The van der Waals surface area contributed by atoms with Gasteiger partial charge in [0.2, 0.25) is 0 Å². The first-order chi connectivity index (χ1) is 10.3. The normalized spacial score (nSPS) is 19.4. The van der Waals surface area contributed by atoms with Crippen LogP contribution in [0.5, 0.6) is 0 Å². The summed E-state index contributed by atoms with van der Waals surface area (Å²) in [6, 6.07) is 10.8. The van der Waals surface area contributed by atoms with Crippen LogP contribution in [0, 0.1) is 5.92 Å². The highest BCUT2D eigenvalue weighted by Crippen LogP contribution is 2.20. The lowest BCUT2D eigenvalue weighted by Crippen LogP contribution is -2.28. The summed E-state index contributed by atoms with van der Waals surface area (Å²) >= 11 is 1.75. The summed E-state index contributed by atoms with van der Waals surface area (Å²) in [6.07, 6.45) is 3.21. The summed E-state index contributed by atoms with van der Waals surface area (Å²) < 4.78 is 0. The van der Waals surface area contributed by atoms with Crippen LogP contribution in [0.15, 0.2) is 41.9 Å². The number of hydrogen-bond acceptors (Lipinski definition) is 4. The van der Waals surface area contributed by atoms with Gasteiger partial charge in [-0.15, -0.1) is 11.3 Å². The number of rotatable bonds is 6. The van der Waals surface area contributed by atoms with Crippen LogP contribution in [-0.4, -0.2) is 41.5 Å². The van der Waals surface area contributed by atoms with Crippen LogP contribution in [0.3, 0.4) is 0 Å². The fourth-order valence-corrected chi connectivity index (χ4v) is 3.81. The van der Waals surface area contributed by atoms with Gasteiger partial charge in [0.15, 0.2) is 0 Å². The molecule has 3 nitrogen and oxygen atoms in total. The Hall–Kier alpha value is -1.23. The molecule has 0 spiro atoms. The van der Waals surface area contributed by atoms with Crippen molar-refractivity contribution in [2.75, 3.05) is 26.7 Å². The minimum absolute atomic E-state index is 0.790. The smallest absolute Gasteiger partial charge is 0.107 e. The lowest BCUT2D eigenvalue weighted by Gasteiger charge is -2.20. The molecule has 0 amide bonds. The third-order valence-electron chi connectivity index (χ3n) is 4.08. The van der Waals surface area contributed by atoms with Crippen LogP contribution in [0.2, 0.25) is 0 Å². The number of aromatic nitrogens is 1. The van der Waals surface area contributed by atoms with E-state index in [0.717, 1.165) is 19.0 Å². The van der Waals surface area contributed by atoms with Crippen molar-refractivity contribution in [2.45, 2.75) is 19.5 Å². The zero-order valence-electron chi connectivity index (χ0n) is 12.6. The minimum atomic E-state index is 0.790. The Labute approximate surface area is 131 Å². The van der Waals surface area contributed by atoms with Crippen LogP contribution >= 0.6 is 11.3 Å². The second-order valence-electron chi connectivity index (χ2n) is 6.00. The van der Waals surface area contributed by atoms with Crippen LogP contribution in [0.4, 0.5) is 0 Å². The van der Waals surface area contributed by atoms with Gasteiger partial charge < -0.3 is 0 Å². The second kappa shape index (κ2) is 7.16. The standard InChI is InChI=1S/C17H23N3S/c1-19(14-17-18-8-10-21-17)11-16-7-9-20(13-16)12-15-5-3-2-4-6-15/h2-6,8,10,16H,7,9,11-14H2,1H3. The topological polar surface area (TPSA) is 19.4 Å². The van der Waals surface area contributed by atoms with E-state index in [1.54, 1.807) is 11.3 Å². The predicted molar refractivity (Wildman–Crippen MR) is 88.3 cm³/mol. The van der Waals surface area contributed by atoms with Crippen LogP contribution in [0.1, 0.15) is 17.0 Å². The molecule has 0 saturated carbocycles. The first-order valence-corrected chi connectivity index (χ1v) is 8.51. The summed E-state index contributed by atoms with van der Waals surface area (Å²) in [5, 5.41) is 3.27. The molecule has 1 aliphatic heterocycles. The first kappa shape index (κ1) is 14.7. The van der Waals surface area contributed by atoms with Gasteiger partial charge in [0, 0.05) is 31.2 Å². The predicted octanol–water partition coefficient (Wildman–Crippen LogP) is 3.10. The third-order valence-corrected chi connectivity index (χ3v) is 4.84. The number of benzene rings is 1. The number of likely N-dealkylation sites (tertiary alicyclic amines) is 1. The third kappa shape index (κ3) is 4.37. The maximum Gasteiger partial charge on any atom is 0.107 e. The van der Waals surface area contributed by atoms with Crippen molar-refractivity contribution in [2.24, 2.45) is 5.92 Å². The van der Waals surface area contributed by atoms with Crippen LogP contribution < -0.4 is 0 Å².